The highest BCUT2D eigenvalue weighted by Crippen LogP contribution is 2.13. The molecule has 0 aliphatic carbocycles. The van der Waals surface area contributed by atoms with Crippen molar-refractivity contribution in [1.29, 1.82) is 0 Å². The Morgan fingerprint density at radius 3 is 2.06 bits per heavy atom. The van der Waals surface area contributed by atoms with Crippen molar-refractivity contribution >= 4 is 0 Å². The van der Waals surface area contributed by atoms with Crippen LogP contribution in [-0.4, -0.2) is 24.6 Å². The predicted octanol–water partition coefficient (Wildman–Crippen LogP) is 2.44. The molecule has 1 fully saturated rings. The van der Waals surface area contributed by atoms with E-state index in [2.05, 4.69) is 10.3 Å². The topological polar surface area (TPSA) is 50.9 Å². The van der Waals surface area contributed by atoms with Crippen LogP contribution < -0.4 is 11.1 Å². The van der Waals surface area contributed by atoms with Gasteiger partial charge in [-0.15, -0.1) is 0 Å². The molecule has 1 aliphatic rings. The molecule has 3 nitrogen and oxygen atoms in total. The number of pyridine rings is 1. The fraction of sp³-hybridized carbons (Fsp3) is 0.643. The highest BCUT2D eigenvalue weighted by atomic mass is 14.9. The van der Waals surface area contributed by atoms with Gasteiger partial charge >= 0.3 is 0 Å². The maximum absolute atomic E-state index is 5.44. The molecule has 2 rings (SSSR count). The molecule has 1 aliphatic heterocycles. The minimum Gasteiger partial charge on any atom is -0.330 e. The van der Waals surface area contributed by atoms with Crippen molar-refractivity contribution in [1.82, 2.24) is 10.3 Å². The summed E-state index contributed by atoms with van der Waals surface area (Å²) in [5.74, 6) is 0.913. The number of aromatic nitrogens is 1. The molecule has 0 spiro atoms. The highest BCUT2D eigenvalue weighted by molar-refractivity contribution is 4.88. The van der Waals surface area contributed by atoms with Gasteiger partial charge in [-0.3, -0.25) is 4.98 Å². The van der Waals surface area contributed by atoms with Crippen LogP contribution in [-0.2, 0) is 0 Å². The van der Waals surface area contributed by atoms with E-state index in [-0.39, 0.29) is 0 Å². The first-order valence-electron chi connectivity index (χ1n) is 6.69. The molecule has 0 radical (unpaired) electrons. The van der Waals surface area contributed by atoms with E-state index >= 15 is 0 Å². The standard InChI is InChI=1S/C7H16N2.C5H5N.C2H6/c8-4-1-7-2-5-9-6-3-7;1-2-4-6-5-3-1;1-2/h7,9H,1-6,8H2;1-5H;1-2H3. The molecule has 1 aromatic heterocycles. The van der Waals surface area contributed by atoms with Gasteiger partial charge in [0.15, 0.2) is 0 Å². The third-order valence-corrected chi connectivity index (χ3v) is 2.60. The van der Waals surface area contributed by atoms with Gasteiger partial charge in [0, 0.05) is 12.4 Å². The Morgan fingerprint density at radius 2 is 1.71 bits per heavy atom. The van der Waals surface area contributed by atoms with E-state index in [1.165, 1.54) is 32.4 Å². The van der Waals surface area contributed by atoms with Gasteiger partial charge in [0.1, 0.15) is 0 Å². The lowest BCUT2D eigenvalue weighted by molar-refractivity contribution is 0.358. The van der Waals surface area contributed by atoms with E-state index in [4.69, 9.17) is 5.73 Å². The second-order valence-electron chi connectivity index (χ2n) is 3.80. The van der Waals surface area contributed by atoms with Crippen LogP contribution >= 0.6 is 0 Å². The zero-order chi connectivity index (χ0) is 12.8. The van der Waals surface area contributed by atoms with E-state index in [0.717, 1.165) is 12.5 Å². The van der Waals surface area contributed by atoms with Gasteiger partial charge in [-0.1, -0.05) is 19.9 Å². The SMILES string of the molecule is CC.NCCC1CCNCC1.c1ccncc1. The number of hydrogen-bond donors (Lipinski definition) is 2. The van der Waals surface area contributed by atoms with Crippen LogP contribution in [0.15, 0.2) is 30.6 Å². The Morgan fingerprint density at radius 1 is 1.12 bits per heavy atom. The summed E-state index contributed by atoms with van der Waals surface area (Å²) in [7, 11) is 0. The summed E-state index contributed by atoms with van der Waals surface area (Å²) in [5, 5.41) is 3.33. The van der Waals surface area contributed by atoms with Crippen molar-refractivity contribution < 1.29 is 0 Å². The predicted molar refractivity (Wildman–Crippen MR) is 74.9 cm³/mol. The molecular formula is C14H27N3. The fourth-order valence-corrected chi connectivity index (χ4v) is 1.72. The summed E-state index contributed by atoms with van der Waals surface area (Å²) >= 11 is 0. The lowest BCUT2D eigenvalue weighted by Crippen LogP contribution is -2.28. The first-order valence-corrected chi connectivity index (χ1v) is 6.69. The van der Waals surface area contributed by atoms with Crippen molar-refractivity contribution in [3.05, 3.63) is 30.6 Å². The lowest BCUT2D eigenvalue weighted by atomic mass is 9.95. The van der Waals surface area contributed by atoms with Gasteiger partial charge in [0.2, 0.25) is 0 Å². The van der Waals surface area contributed by atoms with Crippen LogP contribution in [0, 0.1) is 5.92 Å². The van der Waals surface area contributed by atoms with Gasteiger partial charge in [-0.05, 0) is 56.9 Å². The highest BCUT2D eigenvalue weighted by Gasteiger charge is 2.10. The van der Waals surface area contributed by atoms with Crippen LogP contribution in [0.1, 0.15) is 33.1 Å². The largest absolute Gasteiger partial charge is 0.330 e. The van der Waals surface area contributed by atoms with Gasteiger partial charge < -0.3 is 11.1 Å². The molecule has 1 aromatic rings. The smallest absolute Gasteiger partial charge is 0.0267 e. The number of nitrogens with zero attached hydrogens (tertiary/aromatic N) is 1. The van der Waals surface area contributed by atoms with Crippen molar-refractivity contribution in [2.24, 2.45) is 11.7 Å². The molecule has 1 saturated heterocycles. The van der Waals surface area contributed by atoms with E-state index < -0.39 is 0 Å². The van der Waals surface area contributed by atoms with E-state index in [1.54, 1.807) is 12.4 Å². The molecular weight excluding hydrogens is 210 g/mol. The molecule has 3 heteroatoms. The fourth-order valence-electron chi connectivity index (χ4n) is 1.72. The van der Waals surface area contributed by atoms with Crippen LogP contribution in [0.25, 0.3) is 0 Å². The number of piperidine rings is 1. The van der Waals surface area contributed by atoms with Gasteiger partial charge in [0.05, 0.1) is 0 Å². The zero-order valence-corrected chi connectivity index (χ0v) is 11.2. The van der Waals surface area contributed by atoms with Crippen molar-refractivity contribution in [2.45, 2.75) is 33.1 Å². The van der Waals surface area contributed by atoms with Gasteiger partial charge in [-0.25, -0.2) is 0 Å². The molecule has 0 bridgehead atoms. The van der Waals surface area contributed by atoms with Crippen molar-refractivity contribution in [3.8, 4) is 0 Å². The first kappa shape index (κ1) is 16.1. The summed E-state index contributed by atoms with van der Waals surface area (Å²) in [6, 6.07) is 5.72. The van der Waals surface area contributed by atoms with E-state index in [9.17, 15) is 0 Å². The van der Waals surface area contributed by atoms with Gasteiger partial charge in [0.25, 0.3) is 0 Å². The monoisotopic (exact) mass is 237 g/mol. The Hall–Kier alpha value is -0.930. The van der Waals surface area contributed by atoms with E-state index in [0.29, 0.717) is 0 Å². The summed E-state index contributed by atoms with van der Waals surface area (Å²) in [5.41, 5.74) is 5.44. The molecule has 98 valence electrons. The Kier molecular flexibility index (Phi) is 12.4. The van der Waals surface area contributed by atoms with Crippen molar-refractivity contribution in [3.63, 3.8) is 0 Å². The lowest BCUT2D eigenvalue weighted by Gasteiger charge is -2.21. The quantitative estimate of drug-likeness (QED) is 0.830. The van der Waals surface area contributed by atoms with Crippen LogP contribution in [0.2, 0.25) is 0 Å². The van der Waals surface area contributed by atoms with Crippen LogP contribution in [0.5, 0.6) is 0 Å². The molecule has 0 amide bonds. The molecule has 0 saturated carbocycles. The third-order valence-electron chi connectivity index (χ3n) is 2.60. The average Bonchev–Trinajstić information content (AvgIpc) is 2.45. The first-order chi connectivity index (χ1) is 8.43. The molecule has 0 aromatic carbocycles. The molecule has 17 heavy (non-hydrogen) atoms. The summed E-state index contributed by atoms with van der Waals surface area (Å²) < 4.78 is 0. The zero-order valence-electron chi connectivity index (χ0n) is 11.2. The van der Waals surface area contributed by atoms with Crippen LogP contribution in [0.4, 0.5) is 0 Å². The average molecular weight is 237 g/mol. The third kappa shape index (κ3) is 9.97. The Labute approximate surface area is 106 Å². The molecule has 0 unspecified atom stereocenters. The summed E-state index contributed by atoms with van der Waals surface area (Å²) in [6.45, 7) is 7.26. The summed E-state index contributed by atoms with van der Waals surface area (Å²) in [6.07, 6.45) is 7.38. The molecule has 0 atom stereocenters. The maximum Gasteiger partial charge on any atom is 0.0267 e. The number of nitrogens with two attached hydrogens (primary N) is 1. The Bertz CT molecular complexity index is 191. The van der Waals surface area contributed by atoms with E-state index in [1.807, 2.05) is 32.0 Å². The Balaban J connectivity index is 0.000000278. The minimum absolute atomic E-state index is 0.866. The second-order valence-corrected chi connectivity index (χ2v) is 3.80. The molecule has 2 heterocycles. The number of nitrogens with one attached hydrogen (secondary N) is 1. The van der Waals surface area contributed by atoms with Crippen molar-refractivity contribution in [2.75, 3.05) is 19.6 Å². The minimum atomic E-state index is 0.866. The van der Waals surface area contributed by atoms with Crippen LogP contribution in [0.3, 0.4) is 0 Å². The summed E-state index contributed by atoms with van der Waals surface area (Å²) in [4.78, 5) is 3.78. The maximum atomic E-state index is 5.44. The normalized spacial score (nSPS) is 15.0. The number of rotatable bonds is 2. The van der Waals surface area contributed by atoms with Gasteiger partial charge in [-0.2, -0.15) is 0 Å². The molecule has 3 N–H and O–H groups in total. The second kappa shape index (κ2) is 13.1. The number of hydrogen-bond acceptors (Lipinski definition) is 3.